The molecule has 1 atom stereocenters. The highest BCUT2D eigenvalue weighted by molar-refractivity contribution is 7.98. The molecular formula is C14H20N2O3S. The molecule has 0 saturated carbocycles. The molecule has 1 aromatic rings. The quantitative estimate of drug-likeness (QED) is 0.565. The van der Waals surface area contributed by atoms with E-state index in [1.165, 1.54) is 5.56 Å². The summed E-state index contributed by atoms with van der Waals surface area (Å²) in [6.07, 6.45) is 0.315. The SMILES string of the molecule is NC(=O)CC[C@H](NCCSCc1ccccc1)C(=O)O. The zero-order valence-electron chi connectivity index (χ0n) is 11.2. The van der Waals surface area contributed by atoms with Gasteiger partial charge in [0.25, 0.3) is 0 Å². The molecule has 0 fully saturated rings. The molecule has 0 saturated heterocycles. The molecule has 5 nitrogen and oxygen atoms in total. The van der Waals surface area contributed by atoms with Gasteiger partial charge in [-0.2, -0.15) is 11.8 Å². The number of aliphatic carboxylic acids is 1. The zero-order valence-corrected chi connectivity index (χ0v) is 12.1. The maximum atomic E-state index is 11.0. The average molecular weight is 296 g/mol. The molecule has 20 heavy (non-hydrogen) atoms. The molecule has 0 aliphatic heterocycles. The van der Waals surface area contributed by atoms with Crippen LogP contribution < -0.4 is 11.1 Å². The minimum atomic E-state index is -0.945. The monoisotopic (exact) mass is 296 g/mol. The number of carboxylic acids is 1. The topological polar surface area (TPSA) is 92.4 Å². The predicted molar refractivity (Wildman–Crippen MR) is 80.5 cm³/mol. The third-order valence-electron chi connectivity index (χ3n) is 2.73. The number of carboxylic acid groups (broad SMARTS) is 1. The number of benzene rings is 1. The first-order valence-electron chi connectivity index (χ1n) is 6.45. The predicted octanol–water partition coefficient (Wildman–Crippen LogP) is 1.23. The Labute approximate surface area is 122 Å². The van der Waals surface area contributed by atoms with Crippen LogP contribution in [0.4, 0.5) is 0 Å². The van der Waals surface area contributed by atoms with Gasteiger partial charge in [-0.3, -0.25) is 9.59 Å². The summed E-state index contributed by atoms with van der Waals surface area (Å²) in [7, 11) is 0. The van der Waals surface area contributed by atoms with E-state index in [-0.39, 0.29) is 12.8 Å². The Bertz CT molecular complexity index is 426. The van der Waals surface area contributed by atoms with Crippen molar-refractivity contribution in [1.82, 2.24) is 5.32 Å². The Morgan fingerprint density at radius 3 is 2.60 bits per heavy atom. The van der Waals surface area contributed by atoms with Crippen molar-refractivity contribution in [2.45, 2.75) is 24.6 Å². The molecule has 4 N–H and O–H groups in total. The summed E-state index contributed by atoms with van der Waals surface area (Å²) in [6.45, 7) is 0.591. The smallest absolute Gasteiger partial charge is 0.320 e. The number of hydrogen-bond acceptors (Lipinski definition) is 4. The third-order valence-corrected chi connectivity index (χ3v) is 3.76. The maximum absolute atomic E-state index is 11.0. The normalized spacial score (nSPS) is 12.0. The maximum Gasteiger partial charge on any atom is 0.320 e. The lowest BCUT2D eigenvalue weighted by atomic mass is 10.1. The summed E-state index contributed by atoms with van der Waals surface area (Å²) in [4.78, 5) is 21.6. The van der Waals surface area contributed by atoms with Crippen LogP contribution in [0, 0.1) is 0 Å². The Morgan fingerprint density at radius 2 is 2.00 bits per heavy atom. The molecule has 1 aromatic carbocycles. The average Bonchev–Trinajstić information content (AvgIpc) is 2.42. The van der Waals surface area contributed by atoms with Crippen molar-refractivity contribution in [3.05, 3.63) is 35.9 Å². The number of nitrogens with one attached hydrogen (secondary N) is 1. The lowest BCUT2D eigenvalue weighted by Gasteiger charge is -2.13. The summed E-state index contributed by atoms with van der Waals surface area (Å²) < 4.78 is 0. The van der Waals surface area contributed by atoms with Crippen LogP contribution in [0.3, 0.4) is 0 Å². The highest BCUT2D eigenvalue weighted by Gasteiger charge is 2.16. The van der Waals surface area contributed by atoms with Crippen LogP contribution in [0.1, 0.15) is 18.4 Å². The Kier molecular flexibility index (Phi) is 7.75. The Morgan fingerprint density at radius 1 is 1.30 bits per heavy atom. The molecule has 0 aliphatic carbocycles. The van der Waals surface area contributed by atoms with Gasteiger partial charge in [-0.25, -0.2) is 0 Å². The van der Waals surface area contributed by atoms with Gasteiger partial charge >= 0.3 is 5.97 Å². The molecule has 0 unspecified atom stereocenters. The fourth-order valence-corrected chi connectivity index (χ4v) is 2.50. The van der Waals surface area contributed by atoms with Crippen molar-refractivity contribution in [3.63, 3.8) is 0 Å². The van der Waals surface area contributed by atoms with Crippen molar-refractivity contribution in [2.75, 3.05) is 12.3 Å². The number of carbonyl (C=O) groups excluding carboxylic acids is 1. The first kappa shape index (κ1) is 16.5. The van der Waals surface area contributed by atoms with E-state index in [4.69, 9.17) is 10.8 Å². The van der Waals surface area contributed by atoms with Gasteiger partial charge in [-0.1, -0.05) is 30.3 Å². The largest absolute Gasteiger partial charge is 0.480 e. The molecule has 1 amide bonds. The zero-order chi connectivity index (χ0) is 14.8. The number of primary amides is 1. The number of hydrogen-bond donors (Lipinski definition) is 3. The molecule has 0 radical (unpaired) electrons. The van der Waals surface area contributed by atoms with E-state index in [9.17, 15) is 9.59 Å². The Balaban J connectivity index is 2.17. The van der Waals surface area contributed by atoms with Gasteiger partial charge in [0.2, 0.25) is 5.91 Å². The van der Waals surface area contributed by atoms with Gasteiger partial charge < -0.3 is 16.2 Å². The van der Waals surface area contributed by atoms with E-state index in [1.807, 2.05) is 18.2 Å². The van der Waals surface area contributed by atoms with Crippen LogP contribution >= 0.6 is 11.8 Å². The highest BCUT2D eigenvalue weighted by atomic mass is 32.2. The minimum Gasteiger partial charge on any atom is -0.480 e. The van der Waals surface area contributed by atoms with Crippen LogP contribution in [0.2, 0.25) is 0 Å². The van der Waals surface area contributed by atoms with Crippen molar-refractivity contribution < 1.29 is 14.7 Å². The number of rotatable bonds is 10. The summed E-state index contributed by atoms with van der Waals surface area (Å²) in [5.74, 6) is 0.298. The van der Waals surface area contributed by atoms with Gasteiger partial charge in [0.05, 0.1) is 0 Å². The number of carbonyl (C=O) groups is 2. The van der Waals surface area contributed by atoms with Crippen molar-refractivity contribution in [2.24, 2.45) is 5.73 Å². The fraction of sp³-hybridized carbons (Fsp3) is 0.429. The summed E-state index contributed by atoms with van der Waals surface area (Å²) in [5.41, 5.74) is 6.27. The van der Waals surface area contributed by atoms with Crippen LogP contribution in [-0.2, 0) is 15.3 Å². The molecule has 0 spiro atoms. The Hall–Kier alpha value is -1.53. The van der Waals surface area contributed by atoms with Gasteiger partial charge in [0.15, 0.2) is 0 Å². The van der Waals surface area contributed by atoms with E-state index in [2.05, 4.69) is 17.4 Å². The van der Waals surface area contributed by atoms with E-state index < -0.39 is 17.9 Å². The van der Waals surface area contributed by atoms with Gasteiger partial charge in [0, 0.05) is 24.5 Å². The van der Waals surface area contributed by atoms with Gasteiger partial charge in [-0.15, -0.1) is 0 Å². The molecule has 0 aromatic heterocycles. The van der Waals surface area contributed by atoms with E-state index in [0.717, 1.165) is 11.5 Å². The molecule has 6 heteroatoms. The lowest BCUT2D eigenvalue weighted by molar-refractivity contribution is -0.139. The summed E-state index contributed by atoms with van der Waals surface area (Å²) in [6, 6.07) is 9.39. The summed E-state index contributed by atoms with van der Waals surface area (Å²) in [5, 5.41) is 11.9. The van der Waals surface area contributed by atoms with Crippen molar-refractivity contribution >= 4 is 23.6 Å². The molecule has 1 rings (SSSR count). The lowest BCUT2D eigenvalue weighted by Crippen LogP contribution is -2.38. The standard InChI is InChI=1S/C14H20N2O3S/c15-13(17)7-6-12(14(18)19)16-8-9-20-10-11-4-2-1-3-5-11/h1-5,12,16H,6-10H2,(H2,15,17)(H,18,19)/t12-/m0/s1. The second-order valence-electron chi connectivity index (χ2n) is 4.39. The van der Waals surface area contributed by atoms with E-state index in [0.29, 0.717) is 6.54 Å². The van der Waals surface area contributed by atoms with Crippen LogP contribution in [0.15, 0.2) is 30.3 Å². The van der Waals surface area contributed by atoms with Crippen LogP contribution in [0.25, 0.3) is 0 Å². The molecule has 0 bridgehead atoms. The van der Waals surface area contributed by atoms with Gasteiger partial charge in [0.1, 0.15) is 6.04 Å². The number of amides is 1. The molecule has 110 valence electrons. The first-order valence-corrected chi connectivity index (χ1v) is 7.61. The van der Waals surface area contributed by atoms with Crippen LogP contribution in [-0.4, -0.2) is 35.3 Å². The second-order valence-corrected chi connectivity index (χ2v) is 5.49. The minimum absolute atomic E-state index is 0.0844. The van der Waals surface area contributed by atoms with Gasteiger partial charge in [-0.05, 0) is 12.0 Å². The molecule has 0 heterocycles. The second kappa shape index (κ2) is 9.39. The fourth-order valence-electron chi connectivity index (χ4n) is 1.67. The number of nitrogens with two attached hydrogens (primary N) is 1. The van der Waals surface area contributed by atoms with Crippen LogP contribution in [0.5, 0.6) is 0 Å². The highest BCUT2D eigenvalue weighted by Crippen LogP contribution is 2.10. The molecular weight excluding hydrogens is 276 g/mol. The third kappa shape index (κ3) is 7.16. The van der Waals surface area contributed by atoms with E-state index >= 15 is 0 Å². The molecule has 0 aliphatic rings. The van der Waals surface area contributed by atoms with Crippen molar-refractivity contribution in [1.29, 1.82) is 0 Å². The van der Waals surface area contributed by atoms with Crippen molar-refractivity contribution in [3.8, 4) is 0 Å². The first-order chi connectivity index (χ1) is 9.59. The van der Waals surface area contributed by atoms with E-state index in [1.54, 1.807) is 11.8 Å². The number of thioether (sulfide) groups is 1. The summed E-state index contributed by atoms with van der Waals surface area (Å²) >= 11 is 1.74.